The lowest BCUT2D eigenvalue weighted by Crippen LogP contribution is -2.16. The molecule has 0 bridgehead atoms. The molecule has 0 heterocycles. The van der Waals surface area contributed by atoms with Crippen LogP contribution in [0.4, 0.5) is 13.2 Å². The van der Waals surface area contributed by atoms with Crippen molar-refractivity contribution in [3.05, 3.63) is 42.0 Å². The van der Waals surface area contributed by atoms with Crippen molar-refractivity contribution in [3.63, 3.8) is 0 Å². The Kier molecular flexibility index (Phi) is 4.57. The maximum Gasteiger partial charge on any atom is 0.419 e. The van der Waals surface area contributed by atoms with Crippen LogP contribution in [-0.2, 0) is 6.18 Å². The largest absolute Gasteiger partial charge is 0.489 e. The van der Waals surface area contributed by atoms with Gasteiger partial charge < -0.3 is 10.1 Å². The number of ether oxygens (including phenoxy) is 1. The number of hydrogen-bond donors (Lipinski definition) is 1. The van der Waals surface area contributed by atoms with Gasteiger partial charge in [0.05, 0.1) is 5.56 Å². The Balaban J connectivity index is 2.74. The minimum absolute atomic E-state index is 0.0634. The summed E-state index contributed by atoms with van der Waals surface area (Å²) in [5, 5.41) is 2.85. The summed E-state index contributed by atoms with van der Waals surface area (Å²) in [6.45, 7) is 4.25. The number of likely N-dealkylation sites (N-methyl/N-ethyl adjacent to an activating group) is 1. The molecule has 0 spiro atoms. The first-order valence-electron chi connectivity index (χ1n) is 5.05. The standard InChI is InChI=1S/C12H14F3NO/c1-9(7-16-2)8-17-11-6-4-3-5-10(11)12(13,14)15/h3-6,16H,1,7-8H2,2H3. The number of halogens is 3. The Hall–Kier alpha value is -1.49. The van der Waals surface area contributed by atoms with Crippen molar-refractivity contribution >= 4 is 0 Å². The van der Waals surface area contributed by atoms with Gasteiger partial charge >= 0.3 is 6.18 Å². The molecule has 1 rings (SSSR count). The molecule has 0 aromatic heterocycles. The third-order valence-electron chi connectivity index (χ3n) is 2.05. The lowest BCUT2D eigenvalue weighted by atomic mass is 10.2. The molecule has 0 aliphatic heterocycles. The molecule has 0 saturated carbocycles. The van der Waals surface area contributed by atoms with E-state index in [1.165, 1.54) is 18.2 Å². The van der Waals surface area contributed by atoms with Crippen molar-refractivity contribution in [2.75, 3.05) is 20.2 Å². The fourth-order valence-electron chi connectivity index (χ4n) is 1.31. The van der Waals surface area contributed by atoms with E-state index in [4.69, 9.17) is 4.74 Å². The molecule has 5 heteroatoms. The lowest BCUT2D eigenvalue weighted by molar-refractivity contribution is -0.138. The van der Waals surface area contributed by atoms with Gasteiger partial charge in [0.25, 0.3) is 0 Å². The molecule has 0 saturated heterocycles. The average Bonchev–Trinajstić information content (AvgIpc) is 2.26. The first kappa shape index (κ1) is 13.6. The first-order chi connectivity index (χ1) is 7.95. The molecule has 1 aromatic carbocycles. The lowest BCUT2D eigenvalue weighted by Gasteiger charge is -2.14. The third kappa shape index (κ3) is 4.11. The molecule has 0 aliphatic carbocycles. The second kappa shape index (κ2) is 5.72. The fraction of sp³-hybridized carbons (Fsp3) is 0.333. The molecule has 1 N–H and O–H groups in total. The van der Waals surface area contributed by atoms with Gasteiger partial charge in [-0.3, -0.25) is 0 Å². The van der Waals surface area contributed by atoms with E-state index in [2.05, 4.69) is 11.9 Å². The van der Waals surface area contributed by atoms with Crippen LogP contribution in [0.3, 0.4) is 0 Å². The maximum absolute atomic E-state index is 12.6. The van der Waals surface area contributed by atoms with Crippen LogP contribution in [-0.4, -0.2) is 20.2 Å². The van der Waals surface area contributed by atoms with Crippen molar-refractivity contribution in [2.24, 2.45) is 0 Å². The predicted octanol–water partition coefficient (Wildman–Crippen LogP) is 2.86. The molecule has 0 fully saturated rings. The molecule has 0 unspecified atom stereocenters. The maximum atomic E-state index is 12.6. The van der Waals surface area contributed by atoms with Gasteiger partial charge in [0, 0.05) is 6.54 Å². The van der Waals surface area contributed by atoms with Gasteiger partial charge in [-0.2, -0.15) is 13.2 Å². The molecule has 2 nitrogen and oxygen atoms in total. The highest BCUT2D eigenvalue weighted by Gasteiger charge is 2.33. The van der Waals surface area contributed by atoms with E-state index in [-0.39, 0.29) is 12.4 Å². The van der Waals surface area contributed by atoms with E-state index in [1.54, 1.807) is 7.05 Å². The van der Waals surface area contributed by atoms with E-state index in [1.807, 2.05) is 0 Å². The first-order valence-corrected chi connectivity index (χ1v) is 5.05. The summed E-state index contributed by atoms with van der Waals surface area (Å²) in [5.74, 6) is -0.169. The second-order valence-corrected chi connectivity index (χ2v) is 3.56. The van der Waals surface area contributed by atoms with Gasteiger partial charge in [0.2, 0.25) is 0 Å². The van der Waals surface area contributed by atoms with Crippen LogP contribution in [0.2, 0.25) is 0 Å². The Morgan fingerprint density at radius 3 is 2.59 bits per heavy atom. The molecule has 17 heavy (non-hydrogen) atoms. The summed E-state index contributed by atoms with van der Waals surface area (Å²) in [7, 11) is 1.73. The Bertz CT molecular complexity index is 388. The zero-order chi connectivity index (χ0) is 12.9. The molecule has 0 aliphatic rings. The molecular formula is C12H14F3NO. The van der Waals surface area contributed by atoms with Crippen molar-refractivity contribution < 1.29 is 17.9 Å². The average molecular weight is 245 g/mol. The number of nitrogens with one attached hydrogen (secondary N) is 1. The summed E-state index contributed by atoms with van der Waals surface area (Å²) >= 11 is 0. The van der Waals surface area contributed by atoms with Gasteiger partial charge in [0.1, 0.15) is 12.4 Å². The van der Waals surface area contributed by atoms with Crippen molar-refractivity contribution in [3.8, 4) is 5.75 Å². The SMILES string of the molecule is C=C(CNC)COc1ccccc1C(F)(F)F. The predicted molar refractivity (Wildman–Crippen MR) is 60.0 cm³/mol. The minimum Gasteiger partial charge on any atom is -0.489 e. The normalized spacial score (nSPS) is 11.3. The highest BCUT2D eigenvalue weighted by atomic mass is 19.4. The van der Waals surface area contributed by atoms with Gasteiger partial charge in [-0.15, -0.1) is 0 Å². The number of rotatable bonds is 5. The van der Waals surface area contributed by atoms with Crippen molar-refractivity contribution in [1.82, 2.24) is 5.32 Å². The smallest absolute Gasteiger partial charge is 0.419 e. The van der Waals surface area contributed by atoms with E-state index in [0.29, 0.717) is 12.1 Å². The Labute approximate surface area is 98.1 Å². The summed E-state index contributed by atoms with van der Waals surface area (Å²) in [6.07, 6.45) is -4.40. The monoisotopic (exact) mass is 245 g/mol. The van der Waals surface area contributed by atoms with E-state index in [0.717, 1.165) is 6.07 Å². The molecule has 0 amide bonds. The minimum atomic E-state index is -4.40. The van der Waals surface area contributed by atoms with Crippen LogP contribution in [0.1, 0.15) is 5.56 Å². The highest BCUT2D eigenvalue weighted by Crippen LogP contribution is 2.35. The van der Waals surface area contributed by atoms with E-state index < -0.39 is 11.7 Å². The topological polar surface area (TPSA) is 21.3 Å². The van der Waals surface area contributed by atoms with Crippen LogP contribution >= 0.6 is 0 Å². The summed E-state index contributed by atoms with van der Waals surface area (Å²) in [5.41, 5.74) is -0.0817. The van der Waals surface area contributed by atoms with Gasteiger partial charge in [-0.1, -0.05) is 18.7 Å². The Morgan fingerprint density at radius 2 is 2.00 bits per heavy atom. The summed E-state index contributed by atoms with van der Waals surface area (Å²) in [4.78, 5) is 0. The number of hydrogen-bond acceptors (Lipinski definition) is 2. The number of alkyl halides is 3. The zero-order valence-corrected chi connectivity index (χ0v) is 9.47. The van der Waals surface area contributed by atoms with Crippen LogP contribution in [0.5, 0.6) is 5.75 Å². The third-order valence-corrected chi connectivity index (χ3v) is 2.05. The highest BCUT2D eigenvalue weighted by molar-refractivity contribution is 5.35. The number of para-hydroxylation sites is 1. The van der Waals surface area contributed by atoms with Crippen LogP contribution in [0.15, 0.2) is 36.4 Å². The van der Waals surface area contributed by atoms with E-state index in [9.17, 15) is 13.2 Å². The second-order valence-electron chi connectivity index (χ2n) is 3.56. The quantitative estimate of drug-likeness (QED) is 0.805. The fourth-order valence-corrected chi connectivity index (χ4v) is 1.31. The van der Waals surface area contributed by atoms with Crippen LogP contribution in [0, 0.1) is 0 Å². The van der Waals surface area contributed by atoms with Crippen molar-refractivity contribution in [2.45, 2.75) is 6.18 Å². The molecule has 0 atom stereocenters. The molecule has 1 aromatic rings. The van der Waals surface area contributed by atoms with Crippen LogP contribution < -0.4 is 10.1 Å². The zero-order valence-electron chi connectivity index (χ0n) is 9.47. The summed E-state index contributed by atoms with van der Waals surface area (Å²) in [6, 6.07) is 5.13. The van der Waals surface area contributed by atoms with Gasteiger partial charge in [0.15, 0.2) is 0 Å². The van der Waals surface area contributed by atoms with Crippen LogP contribution in [0.25, 0.3) is 0 Å². The number of benzene rings is 1. The summed E-state index contributed by atoms with van der Waals surface area (Å²) < 4.78 is 42.9. The molecule has 94 valence electrons. The molecular weight excluding hydrogens is 231 g/mol. The molecule has 0 radical (unpaired) electrons. The van der Waals surface area contributed by atoms with Gasteiger partial charge in [-0.25, -0.2) is 0 Å². The van der Waals surface area contributed by atoms with Gasteiger partial charge in [-0.05, 0) is 24.8 Å². The Morgan fingerprint density at radius 1 is 1.35 bits per heavy atom. The van der Waals surface area contributed by atoms with E-state index >= 15 is 0 Å². The van der Waals surface area contributed by atoms with Crippen molar-refractivity contribution in [1.29, 1.82) is 0 Å².